The fraction of sp³-hybridized carbons (Fsp3) is 0.588. The molecule has 2 rings (SSSR count). The molecule has 0 heterocycles. The van der Waals surface area contributed by atoms with Gasteiger partial charge in [0.2, 0.25) is 5.91 Å². The molecule has 1 amide bonds. The van der Waals surface area contributed by atoms with Crippen molar-refractivity contribution in [3.63, 3.8) is 0 Å². The summed E-state index contributed by atoms with van der Waals surface area (Å²) in [5, 5.41) is 0. The Bertz CT molecular complexity index is 644. The van der Waals surface area contributed by atoms with Crippen molar-refractivity contribution in [2.45, 2.75) is 45.1 Å². The maximum Gasteiger partial charge on any atom is 0.434 e. The maximum absolute atomic E-state index is 11.9. The Hall–Kier alpha value is -1.56. The number of ether oxygens (including phenoxy) is 2. The first-order valence-corrected chi connectivity index (χ1v) is 9.92. The molecule has 0 aliphatic heterocycles. The van der Waals surface area contributed by atoms with Crippen molar-refractivity contribution in [1.82, 2.24) is 4.67 Å². The zero-order chi connectivity index (χ0) is 18.4. The second-order valence-electron chi connectivity index (χ2n) is 6.13. The molecule has 140 valence electrons. The van der Waals surface area contributed by atoms with Gasteiger partial charge in [-0.1, -0.05) is 6.07 Å². The van der Waals surface area contributed by atoms with Gasteiger partial charge in [-0.15, -0.1) is 0 Å². The lowest BCUT2D eigenvalue weighted by atomic mass is 10.1. The molecule has 0 spiro atoms. The Morgan fingerprint density at radius 3 is 2.60 bits per heavy atom. The average molecular weight is 371 g/mol. The van der Waals surface area contributed by atoms with Crippen LogP contribution in [0.3, 0.4) is 0 Å². The van der Waals surface area contributed by atoms with Gasteiger partial charge in [-0.3, -0.25) is 14.0 Å². The molecule has 25 heavy (non-hydrogen) atoms. The second-order valence-corrected chi connectivity index (χ2v) is 7.97. The van der Waals surface area contributed by atoms with E-state index in [4.69, 9.17) is 14.0 Å². The van der Waals surface area contributed by atoms with Crippen LogP contribution in [0, 0.1) is 0 Å². The highest BCUT2D eigenvalue weighted by Crippen LogP contribution is 2.45. The standard InChI is InChI=1S/C17H26NO6P/c1-13(19)18(2)25(20,21)23-11-10-14-8-9-16(22-3)17(12-14)24-15-6-4-5-7-15/h8-9,12,15H,4-7,10-11H2,1-3H3,(H,20,21). The fourth-order valence-electron chi connectivity index (χ4n) is 2.70. The van der Waals surface area contributed by atoms with Gasteiger partial charge in [-0.25, -0.2) is 4.57 Å². The van der Waals surface area contributed by atoms with Gasteiger partial charge in [0.05, 0.1) is 19.8 Å². The molecule has 1 aliphatic rings. The molecule has 1 fully saturated rings. The summed E-state index contributed by atoms with van der Waals surface area (Å²) in [6, 6.07) is 5.55. The van der Waals surface area contributed by atoms with Crippen LogP contribution in [-0.2, 0) is 20.3 Å². The van der Waals surface area contributed by atoms with Crippen molar-refractivity contribution in [3.05, 3.63) is 23.8 Å². The molecule has 0 radical (unpaired) electrons. The molecule has 7 nitrogen and oxygen atoms in total. The largest absolute Gasteiger partial charge is 0.493 e. The van der Waals surface area contributed by atoms with Crippen molar-refractivity contribution in [2.75, 3.05) is 20.8 Å². The van der Waals surface area contributed by atoms with E-state index in [1.54, 1.807) is 7.11 Å². The number of benzene rings is 1. The molecule has 8 heteroatoms. The van der Waals surface area contributed by atoms with Gasteiger partial charge >= 0.3 is 7.75 Å². The predicted molar refractivity (Wildman–Crippen MR) is 93.8 cm³/mol. The lowest BCUT2D eigenvalue weighted by molar-refractivity contribution is -0.124. The molecule has 0 bridgehead atoms. The number of methoxy groups -OCH3 is 1. The monoisotopic (exact) mass is 371 g/mol. The third-order valence-corrected chi connectivity index (χ3v) is 5.87. The van der Waals surface area contributed by atoms with Crippen LogP contribution < -0.4 is 9.47 Å². The predicted octanol–water partition coefficient (Wildman–Crippen LogP) is 3.15. The summed E-state index contributed by atoms with van der Waals surface area (Å²) in [4.78, 5) is 20.9. The van der Waals surface area contributed by atoms with E-state index in [0.717, 1.165) is 23.1 Å². The van der Waals surface area contributed by atoms with Gasteiger partial charge in [-0.05, 0) is 49.8 Å². The Labute approximate surface area is 148 Å². The molecule has 1 aromatic carbocycles. The number of nitrogens with zero attached hydrogens (tertiary/aromatic N) is 1. The first kappa shape index (κ1) is 19.8. The summed E-state index contributed by atoms with van der Waals surface area (Å²) >= 11 is 0. The van der Waals surface area contributed by atoms with Crippen molar-refractivity contribution >= 4 is 13.7 Å². The van der Waals surface area contributed by atoms with Crippen molar-refractivity contribution in [2.24, 2.45) is 0 Å². The van der Waals surface area contributed by atoms with Crippen LogP contribution in [0.1, 0.15) is 38.2 Å². The van der Waals surface area contributed by atoms with Gasteiger partial charge in [-0.2, -0.15) is 0 Å². The average Bonchev–Trinajstić information content (AvgIpc) is 3.07. The lowest BCUT2D eigenvalue weighted by Crippen LogP contribution is -2.22. The summed E-state index contributed by atoms with van der Waals surface area (Å²) < 4.78 is 29.1. The summed E-state index contributed by atoms with van der Waals surface area (Å²) in [7, 11) is -1.26. The summed E-state index contributed by atoms with van der Waals surface area (Å²) in [5.74, 6) is 0.822. The quantitative estimate of drug-likeness (QED) is 0.707. The summed E-state index contributed by atoms with van der Waals surface area (Å²) in [6.07, 6.45) is 5.07. The Kier molecular flexibility index (Phi) is 6.87. The van der Waals surface area contributed by atoms with Crippen LogP contribution in [0.15, 0.2) is 18.2 Å². The van der Waals surface area contributed by atoms with E-state index >= 15 is 0 Å². The minimum atomic E-state index is -4.10. The summed E-state index contributed by atoms with van der Waals surface area (Å²) in [6.45, 7) is 1.23. The SMILES string of the molecule is COc1ccc(CCOP(=O)(O)N(C)C(C)=O)cc1OC1CCCC1. The normalized spacial score (nSPS) is 17.1. The van der Waals surface area contributed by atoms with E-state index in [-0.39, 0.29) is 12.7 Å². The first-order chi connectivity index (χ1) is 11.8. The van der Waals surface area contributed by atoms with Crippen LogP contribution in [0.25, 0.3) is 0 Å². The van der Waals surface area contributed by atoms with E-state index in [1.165, 1.54) is 26.8 Å². The molecule has 1 aromatic rings. The Balaban J connectivity index is 1.97. The van der Waals surface area contributed by atoms with Crippen LogP contribution in [0.5, 0.6) is 11.5 Å². The van der Waals surface area contributed by atoms with E-state index in [0.29, 0.717) is 17.9 Å². The fourth-order valence-corrected chi connectivity index (χ4v) is 3.56. The van der Waals surface area contributed by atoms with Gasteiger partial charge < -0.3 is 14.4 Å². The lowest BCUT2D eigenvalue weighted by Gasteiger charge is -2.21. The van der Waals surface area contributed by atoms with E-state index in [2.05, 4.69) is 0 Å². The van der Waals surface area contributed by atoms with Gasteiger partial charge in [0.1, 0.15) is 0 Å². The third-order valence-electron chi connectivity index (χ3n) is 4.31. The molecule has 1 atom stereocenters. The number of rotatable bonds is 8. The van der Waals surface area contributed by atoms with E-state index in [1.807, 2.05) is 18.2 Å². The topological polar surface area (TPSA) is 85.3 Å². The van der Waals surface area contributed by atoms with Crippen LogP contribution in [0.2, 0.25) is 0 Å². The zero-order valence-electron chi connectivity index (χ0n) is 14.9. The number of carbonyl (C=O) groups excluding carboxylic acids is 1. The van der Waals surface area contributed by atoms with Crippen LogP contribution in [0.4, 0.5) is 0 Å². The maximum atomic E-state index is 11.9. The van der Waals surface area contributed by atoms with Crippen molar-refractivity contribution in [3.8, 4) is 11.5 Å². The number of hydrogen-bond donors (Lipinski definition) is 1. The molecule has 1 N–H and O–H groups in total. The molecule has 1 unspecified atom stereocenters. The molecule has 0 aromatic heterocycles. The van der Waals surface area contributed by atoms with Gasteiger partial charge in [0.15, 0.2) is 11.5 Å². The highest BCUT2D eigenvalue weighted by molar-refractivity contribution is 7.50. The molecule has 0 saturated heterocycles. The first-order valence-electron chi connectivity index (χ1n) is 8.39. The van der Waals surface area contributed by atoms with E-state index in [9.17, 15) is 14.3 Å². The van der Waals surface area contributed by atoms with Crippen molar-refractivity contribution in [1.29, 1.82) is 0 Å². The molecular formula is C17H26NO6P. The van der Waals surface area contributed by atoms with Crippen LogP contribution in [-0.4, -0.2) is 42.3 Å². The highest BCUT2D eigenvalue weighted by atomic mass is 31.2. The highest BCUT2D eigenvalue weighted by Gasteiger charge is 2.28. The molecule has 1 saturated carbocycles. The van der Waals surface area contributed by atoms with Gasteiger partial charge in [0.25, 0.3) is 0 Å². The third kappa shape index (κ3) is 5.46. The molecule has 1 aliphatic carbocycles. The number of carbonyl (C=O) groups is 1. The van der Waals surface area contributed by atoms with Crippen LogP contribution >= 0.6 is 7.75 Å². The minimum Gasteiger partial charge on any atom is -0.493 e. The van der Waals surface area contributed by atoms with E-state index < -0.39 is 13.7 Å². The summed E-state index contributed by atoms with van der Waals surface area (Å²) in [5.41, 5.74) is 0.902. The Morgan fingerprint density at radius 2 is 2.00 bits per heavy atom. The number of hydrogen-bond acceptors (Lipinski definition) is 5. The smallest absolute Gasteiger partial charge is 0.434 e. The zero-order valence-corrected chi connectivity index (χ0v) is 15.8. The van der Waals surface area contributed by atoms with Crippen molar-refractivity contribution < 1.29 is 28.3 Å². The minimum absolute atomic E-state index is 0.0145. The molecular weight excluding hydrogens is 345 g/mol. The van der Waals surface area contributed by atoms with Gasteiger partial charge in [0, 0.05) is 14.0 Å². The Morgan fingerprint density at radius 1 is 1.32 bits per heavy atom. The number of amides is 1. The second kappa shape index (κ2) is 8.70.